The largest absolute Gasteiger partial charge is 0.354 e. The van der Waals surface area contributed by atoms with Gasteiger partial charge in [0, 0.05) is 24.0 Å². The SMILES string of the molecule is Cc1nc(-c2cc(C(=O)Nc3cc(CN[C@H](C)c4ccccc4)ccc3Cl)no2)cs1. The number of amides is 1. The second-order valence-electron chi connectivity index (χ2n) is 7.11. The summed E-state index contributed by atoms with van der Waals surface area (Å²) in [6, 6.07) is 17.5. The maximum atomic E-state index is 12.7. The van der Waals surface area contributed by atoms with Crippen molar-refractivity contribution in [2.75, 3.05) is 5.32 Å². The fourth-order valence-corrected chi connectivity index (χ4v) is 3.84. The topological polar surface area (TPSA) is 80.0 Å². The lowest BCUT2D eigenvalue weighted by atomic mass is 10.1. The van der Waals surface area contributed by atoms with Gasteiger partial charge in [0.15, 0.2) is 11.5 Å². The van der Waals surface area contributed by atoms with E-state index in [1.807, 2.05) is 42.6 Å². The van der Waals surface area contributed by atoms with E-state index in [-0.39, 0.29) is 11.7 Å². The van der Waals surface area contributed by atoms with Crippen LogP contribution in [0.1, 0.15) is 39.6 Å². The second-order valence-corrected chi connectivity index (χ2v) is 8.58. The van der Waals surface area contributed by atoms with Crippen LogP contribution in [0.5, 0.6) is 0 Å². The molecule has 0 saturated heterocycles. The standard InChI is InChI=1S/C23H21ClN4O2S/c1-14(17-6-4-3-5-7-17)25-12-16-8-9-18(24)19(10-16)27-23(29)20-11-22(30-28-20)21-13-31-15(2)26-21/h3-11,13-14,25H,12H2,1-2H3,(H,27,29)/t14-/m1/s1. The summed E-state index contributed by atoms with van der Waals surface area (Å²) in [5, 5.41) is 13.4. The van der Waals surface area contributed by atoms with Crippen molar-refractivity contribution < 1.29 is 9.32 Å². The molecule has 4 aromatic rings. The van der Waals surface area contributed by atoms with Crippen molar-refractivity contribution in [3.05, 3.63) is 86.8 Å². The van der Waals surface area contributed by atoms with Gasteiger partial charge in [-0.3, -0.25) is 4.79 Å². The number of halogens is 1. The van der Waals surface area contributed by atoms with Crippen molar-refractivity contribution in [1.29, 1.82) is 0 Å². The molecule has 0 saturated carbocycles. The minimum Gasteiger partial charge on any atom is -0.354 e. The first-order valence-corrected chi connectivity index (χ1v) is 11.0. The number of rotatable bonds is 7. The summed E-state index contributed by atoms with van der Waals surface area (Å²) in [5.41, 5.74) is 3.56. The lowest BCUT2D eigenvalue weighted by molar-refractivity contribution is 0.101. The van der Waals surface area contributed by atoms with Gasteiger partial charge in [-0.15, -0.1) is 11.3 Å². The molecule has 31 heavy (non-hydrogen) atoms. The van der Waals surface area contributed by atoms with Gasteiger partial charge in [-0.1, -0.05) is 53.2 Å². The third-order valence-electron chi connectivity index (χ3n) is 4.81. The maximum Gasteiger partial charge on any atom is 0.277 e. The number of nitrogens with one attached hydrogen (secondary N) is 2. The van der Waals surface area contributed by atoms with E-state index in [2.05, 4.69) is 39.8 Å². The van der Waals surface area contributed by atoms with Crippen LogP contribution in [0.25, 0.3) is 11.5 Å². The van der Waals surface area contributed by atoms with Gasteiger partial charge in [0.2, 0.25) is 0 Å². The summed E-state index contributed by atoms with van der Waals surface area (Å²) in [7, 11) is 0. The molecule has 2 heterocycles. The van der Waals surface area contributed by atoms with Crippen LogP contribution in [-0.4, -0.2) is 16.0 Å². The van der Waals surface area contributed by atoms with E-state index in [0.29, 0.717) is 28.7 Å². The summed E-state index contributed by atoms with van der Waals surface area (Å²) >= 11 is 7.81. The highest BCUT2D eigenvalue weighted by Gasteiger charge is 2.17. The molecule has 0 bridgehead atoms. The van der Waals surface area contributed by atoms with Crippen LogP contribution in [-0.2, 0) is 6.54 Å². The fourth-order valence-electron chi connectivity index (χ4n) is 3.07. The van der Waals surface area contributed by atoms with E-state index in [9.17, 15) is 4.79 Å². The third-order valence-corrected chi connectivity index (χ3v) is 5.91. The van der Waals surface area contributed by atoms with E-state index in [4.69, 9.17) is 16.1 Å². The highest BCUT2D eigenvalue weighted by Crippen LogP contribution is 2.26. The molecule has 158 valence electrons. The van der Waals surface area contributed by atoms with Gasteiger partial charge in [0.1, 0.15) is 5.69 Å². The monoisotopic (exact) mass is 452 g/mol. The first kappa shape index (κ1) is 21.2. The minimum atomic E-state index is -0.397. The number of thiazole rings is 1. The van der Waals surface area contributed by atoms with Crippen LogP contribution in [0.15, 0.2) is 64.5 Å². The van der Waals surface area contributed by atoms with Crippen molar-refractivity contribution in [1.82, 2.24) is 15.5 Å². The molecule has 1 amide bonds. The summed E-state index contributed by atoms with van der Waals surface area (Å²) in [6.45, 7) is 4.65. The van der Waals surface area contributed by atoms with Crippen LogP contribution < -0.4 is 10.6 Å². The number of benzene rings is 2. The first-order chi connectivity index (χ1) is 15.0. The normalized spacial score (nSPS) is 12.0. The molecule has 0 unspecified atom stereocenters. The first-order valence-electron chi connectivity index (χ1n) is 9.77. The van der Waals surface area contributed by atoms with Gasteiger partial charge in [0.05, 0.1) is 15.7 Å². The third kappa shape index (κ3) is 5.19. The Morgan fingerprint density at radius 1 is 1.19 bits per heavy atom. The van der Waals surface area contributed by atoms with Crippen LogP contribution in [0.3, 0.4) is 0 Å². The molecule has 8 heteroatoms. The zero-order valence-electron chi connectivity index (χ0n) is 17.1. The number of carbonyl (C=O) groups is 1. The summed E-state index contributed by atoms with van der Waals surface area (Å²) in [6.07, 6.45) is 0. The molecular formula is C23H21ClN4O2S. The minimum absolute atomic E-state index is 0.165. The number of hydrogen-bond donors (Lipinski definition) is 2. The van der Waals surface area contributed by atoms with Crippen LogP contribution in [0.4, 0.5) is 5.69 Å². The summed E-state index contributed by atoms with van der Waals surface area (Å²) < 4.78 is 5.27. The average molecular weight is 453 g/mol. The zero-order chi connectivity index (χ0) is 21.8. The van der Waals surface area contributed by atoms with E-state index >= 15 is 0 Å². The van der Waals surface area contributed by atoms with Gasteiger partial charge in [0.25, 0.3) is 5.91 Å². The van der Waals surface area contributed by atoms with Gasteiger partial charge >= 0.3 is 0 Å². The smallest absolute Gasteiger partial charge is 0.277 e. The van der Waals surface area contributed by atoms with Gasteiger partial charge in [-0.05, 0) is 37.1 Å². The van der Waals surface area contributed by atoms with Crippen molar-refractivity contribution in [2.24, 2.45) is 0 Å². The number of aromatic nitrogens is 2. The van der Waals surface area contributed by atoms with Crippen LogP contribution in [0.2, 0.25) is 5.02 Å². The highest BCUT2D eigenvalue weighted by molar-refractivity contribution is 7.09. The number of anilines is 1. The van der Waals surface area contributed by atoms with Gasteiger partial charge in [-0.25, -0.2) is 4.98 Å². The number of nitrogens with zero attached hydrogens (tertiary/aromatic N) is 2. The van der Waals surface area contributed by atoms with Crippen LogP contribution >= 0.6 is 22.9 Å². The molecular weight excluding hydrogens is 432 g/mol. The van der Waals surface area contributed by atoms with E-state index < -0.39 is 5.91 Å². The summed E-state index contributed by atoms with van der Waals surface area (Å²) in [5.74, 6) is 0.0556. The molecule has 4 rings (SSSR count). The number of aryl methyl sites for hydroxylation is 1. The molecule has 0 aliphatic carbocycles. The van der Waals surface area contributed by atoms with Crippen molar-refractivity contribution in [3.63, 3.8) is 0 Å². The van der Waals surface area contributed by atoms with E-state index in [1.165, 1.54) is 16.9 Å². The van der Waals surface area contributed by atoms with E-state index in [1.54, 1.807) is 12.1 Å². The summed E-state index contributed by atoms with van der Waals surface area (Å²) in [4.78, 5) is 17.0. The molecule has 2 N–H and O–H groups in total. The molecule has 0 radical (unpaired) electrons. The van der Waals surface area contributed by atoms with Crippen LogP contribution in [0, 0.1) is 6.92 Å². The molecule has 2 aromatic heterocycles. The Kier molecular flexibility index (Phi) is 6.46. The Hall–Kier alpha value is -3.00. The number of hydrogen-bond acceptors (Lipinski definition) is 6. The van der Waals surface area contributed by atoms with Crippen molar-refractivity contribution in [2.45, 2.75) is 26.4 Å². The van der Waals surface area contributed by atoms with Crippen molar-refractivity contribution in [3.8, 4) is 11.5 Å². The molecule has 0 aliphatic heterocycles. The zero-order valence-corrected chi connectivity index (χ0v) is 18.6. The average Bonchev–Trinajstić information content (AvgIpc) is 3.44. The Morgan fingerprint density at radius 2 is 2.00 bits per heavy atom. The Bertz CT molecular complexity index is 1190. The fraction of sp³-hybridized carbons (Fsp3) is 0.174. The molecule has 0 fully saturated rings. The Labute approximate surface area is 189 Å². The van der Waals surface area contributed by atoms with E-state index in [0.717, 1.165) is 10.6 Å². The predicted octanol–water partition coefficient (Wildman–Crippen LogP) is 5.86. The quantitative estimate of drug-likeness (QED) is 0.367. The maximum absolute atomic E-state index is 12.7. The molecule has 2 aromatic carbocycles. The lowest BCUT2D eigenvalue weighted by Gasteiger charge is -2.15. The second kappa shape index (κ2) is 9.43. The predicted molar refractivity (Wildman–Crippen MR) is 123 cm³/mol. The van der Waals surface area contributed by atoms with Gasteiger partial charge < -0.3 is 15.2 Å². The molecule has 1 atom stereocenters. The Morgan fingerprint density at radius 3 is 2.74 bits per heavy atom. The highest BCUT2D eigenvalue weighted by atomic mass is 35.5. The Balaban J connectivity index is 1.42. The molecule has 0 spiro atoms. The lowest BCUT2D eigenvalue weighted by Crippen LogP contribution is -2.18. The number of carbonyl (C=O) groups excluding carboxylic acids is 1. The molecule has 0 aliphatic rings. The van der Waals surface area contributed by atoms with Gasteiger partial charge in [-0.2, -0.15) is 0 Å². The molecule has 6 nitrogen and oxygen atoms in total. The van der Waals surface area contributed by atoms with Crippen molar-refractivity contribution >= 4 is 34.5 Å².